The highest BCUT2D eigenvalue weighted by molar-refractivity contribution is 7.87. The molecule has 0 atom stereocenters. The van der Waals surface area contributed by atoms with Gasteiger partial charge in [0.05, 0.1) is 17.6 Å². The molecule has 0 spiro atoms. The molecule has 2 rings (SSSR count). The molecule has 10 heteroatoms. The van der Waals surface area contributed by atoms with Gasteiger partial charge in [0.2, 0.25) is 0 Å². The molecule has 24 heavy (non-hydrogen) atoms. The molecule has 0 bridgehead atoms. The van der Waals surface area contributed by atoms with Gasteiger partial charge in [-0.1, -0.05) is 17.7 Å². The predicted molar refractivity (Wildman–Crippen MR) is 84.3 cm³/mol. The topological polar surface area (TPSA) is 113 Å². The first-order chi connectivity index (χ1) is 11.3. The van der Waals surface area contributed by atoms with Gasteiger partial charge in [-0.25, -0.2) is 0 Å². The van der Waals surface area contributed by atoms with E-state index < -0.39 is 25.6 Å². The van der Waals surface area contributed by atoms with E-state index in [1.807, 2.05) is 0 Å². The number of aldehydes is 1. The number of methoxy groups -OCH3 is 1. The number of benzene rings is 2. The van der Waals surface area contributed by atoms with Gasteiger partial charge in [0.1, 0.15) is 9.92 Å². The molecule has 0 fully saturated rings. The smallest absolute Gasteiger partial charge is 0.339 e. The molecule has 0 unspecified atom stereocenters. The van der Waals surface area contributed by atoms with Crippen molar-refractivity contribution in [3.63, 3.8) is 0 Å². The third kappa shape index (κ3) is 3.47. The van der Waals surface area contributed by atoms with Crippen LogP contribution in [0.2, 0.25) is 5.02 Å². The Bertz CT molecular complexity index is 911. The lowest BCUT2D eigenvalue weighted by Gasteiger charge is -2.12. The predicted octanol–water partition coefficient (Wildman–Crippen LogP) is 2.84. The van der Waals surface area contributed by atoms with Gasteiger partial charge >= 0.3 is 10.1 Å². The average Bonchev–Trinajstić information content (AvgIpc) is 2.54. The third-order valence-electron chi connectivity index (χ3n) is 2.95. The highest BCUT2D eigenvalue weighted by atomic mass is 35.5. The average molecular weight is 372 g/mol. The van der Waals surface area contributed by atoms with E-state index in [1.165, 1.54) is 25.3 Å². The summed E-state index contributed by atoms with van der Waals surface area (Å²) < 4.78 is 34.7. The lowest BCUT2D eigenvalue weighted by molar-refractivity contribution is -0.384. The standard InChI is InChI=1S/C14H10ClNO7S/c1-22-13-4-2-3-9(8-17)14(13)23-24(20,21)10-5-6-11(15)12(7-10)16(18)19/h2-8H,1H3. The summed E-state index contributed by atoms with van der Waals surface area (Å²) in [6.45, 7) is 0. The summed E-state index contributed by atoms with van der Waals surface area (Å²) in [5.41, 5.74) is -0.640. The maximum atomic E-state index is 12.4. The Morgan fingerprint density at radius 1 is 1.25 bits per heavy atom. The summed E-state index contributed by atoms with van der Waals surface area (Å²) in [4.78, 5) is 20.6. The van der Waals surface area contributed by atoms with Crippen molar-refractivity contribution in [3.8, 4) is 11.5 Å². The minimum Gasteiger partial charge on any atom is -0.493 e. The first-order valence-electron chi connectivity index (χ1n) is 6.30. The van der Waals surface area contributed by atoms with Crippen molar-refractivity contribution in [3.05, 3.63) is 57.1 Å². The van der Waals surface area contributed by atoms with E-state index in [9.17, 15) is 23.3 Å². The van der Waals surface area contributed by atoms with E-state index in [4.69, 9.17) is 20.5 Å². The maximum absolute atomic E-state index is 12.4. The van der Waals surface area contributed by atoms with Crippen molar-refractivity contribution in [1.82, 2.24) is 0 Å². The molecule has 8 nitrogen and oxygen atoms in total. The number of nitro groups is 1. The normalized spacial score (nSPS) is 10.9. The Balaban J connectivity index is 2.52. The second-order valence-corrected chi connectivity index (χ2v) is 6.36. The lowest BCUT2D eigenvalue weighted by atomic mass is 10.2. The minimum atomic E-state index is -4.45. The Labute approximate surface area is 141 Å². The molecular formula is C14H10ClNO7S. The van der Waals surface area contributed by atoms with Crippen LogP contribution >= 0.6 is 11.6 Å². The number of carbonyl (C=O) groups excluding carboxylic acids is 1. The maximum Gasteiger partial charge on any atom is 0.339 e. The minimum absolute atomic E-state index is 0.0200. The summed E-state index contributed by atoms with van der Waals surface area (Å²) in [6, 6.07) is 7.12. The Kier molecular flexibility index (Phi) is 5.05. The number of para-hydroxylation sites is 1. The van der Waals surface area contributed by atoms with Crippen LogP contribution in [0, 0.1) is 10.1 Å². The molecule has 0 aliphatic rings. The van der Waals surface area contributed by atoms with E-state index in [2.05, 4.69) is 0 Å². The van der Waals surface area contributed by atoms with E-state index in [1.54, 1.807) is 0 Å². The van der Waals surface area contributed by atoms with Crippen molar-refractivity contribution in [2.24, 2.45) is 0 Å². The molecule has 0 aliphatic carbocycles. The van der Waals surface area contributed by atoms with Gasteiger partial charge in [-0.2, -0.15) is 8.42 Å². The lowest BCUT2D eigenvalue weighted by Crippen LogP contribution is -2.12. The number of halogens is 1. The van der Waals surface area contributed by atoms with Crippen LogP contribution in [0.5, 0.6) is 11.5 Å². The molecule has 2 aromatic carbocycles. The fourth-order valence-electron chi connectivity index (χ4n) is 1.82. The van der Waals surface area contributed by atoms with Crippen LogP contribution in [-0.2, 0) is 10.1 Å². The number of nitro benzene ring substituents is 1. The summed E-state index contributed by atoms with van der Waals surface area (Å²) >= 11 is 5.65. The molecule has 0 radical (unpaired) electrons. The number of hydrogen-bond donors (Lipinski definition) is 0. The molecule has 0 amide bonds. The van der Waals surface area contributed by atoms with Gasteiger partial charge in [0.15, 0.2) is 17.8 Å². The number of hydrogen-bond acceptors (Lipinski definition) is 7. The zero-order valence-corrected chi connectivity index (χ0v) is 13.7. The van der Waals surface area contributed by atoms with E-state index in [-0.39, 0.29) is 22.1 Å². The van der Waals surface area contributed by atoms with Crippen LogP contribution in [0.3, 0.4) is 0 Å². The monoisotopic (exact) mass is 371 g/mol. The summed E-state index contributed by atoms with van der Waals surface area (Å²) in [6.07, 6.45) is 0.400. The summed E-state index contributed by atoms with van der Waals surface area (Å²) in [5.74, 6) is -0.292. The van der Waals surface area contributed by atoms with Gasteiger partial charge < -0.3 is 8.92 Å². The van der Waals surface area contributed by atoms with E-state index in [0.717, 1.165) is 18.2 Å². The summed E-state index contributed by atoms with van der Waals surface area (Å²) in [5, 5.41) is 10.7. The zero-order chi connectivity index (χ0) is 17.9. The molecule has 2 aromatic rings. The van der Waals surface area contributed by atoms with Crippen molar-refractivity contribution < 1.29 is 27.1 Å². The first kappa shape index (κ1) is 17.7. The third-order valence-corrected chi connectivity index (χ3v) is 4.49. The van der Waals surface area contributed by atoms with Crippen LogP contribution in [0.1, 0.15) is 10.4 Å². The van der Waals surface area contributed by atoms with Crippen molar-refractivity contribution in [2.45, 2.75) is 4.90 Å². The first-order valence-corrected chi connectivity index (χ1v) is 8.09. The van der Waals surface area contributed by atoms with Gasteiger partial charge in [-0.05, 0) is 24.3 Å². The Morgan fingerprint density at radius 2 is 1.96 bits per heavy atom. The van der Waals surface area contributed by atoms with E-state index in [0.29, 0.717) is 6.29 Å². The molecule has 0 saturated heterocycles. The zero-order valence-electron chi connectivity index (χ0n) is 12.1. The summed E-state index contributed by atoms with van der Waals surface area (Å²) in [7, 11) is -3.18. The molecule has 126 valence electrons. The van der Waals surface area contributed by atoms with Crippen molar-refractivity contribution in [2.75, 3.05) is 7.11 Å². The van der Waals surface area contributed by atoms with Crippen LogP contribution in [0.25, 0.3) is 0 Å². The molecule has 0 N–H and O–H groups in total. The number of rotatable bonds is 6. The SMILES string of the molecule is COc1cccc(C=O)c1OS(=O)(=O)c1ccc(Cl)c([N+](=O)[O-])c1. The second-order valence-electron chi connectivity index (χ2n) is 4.40. The van der Waals surface area contributed by atoms with Gasteiger partial charge in [0.25, 0.3) is 5.69 Å². The number of ether oxygens (including phenoxy) is 1. The van der Waals surface area contributed by atoms with Crippen LogP contribution in [0.15, 0.2) is 41.3 Å². The molecule has 0 aliphatic heterocycles. The Morgan fingerprint density at radius 3 is 2.54 bits per heavy atom. The molecule has 0 heterocycles. The van der Waals surface area contributed by atoms with Gasteiger partial charge in [-0.3, -0.25) is 14.9 Å². The molecular weight excluding hydrogens is 362 g/mol. The van der Waals surface area contributed by atoms with Crippen molar-refractivity contribution >= 4 is 33.7 Å². The number of nitrogens with zero attached hydrogens (tertiary/aromatic N) is 1. The highest BCUT2D eigenvalue weighted by Crippen LogP contribution is 2.34. The quantitative estimate of drug-likeness (QED) is 0.332. The van der Waals surface area contributed by atoms with Crippen molar-refractivity contribution in [1.29, 1.82) is 0 Å². The van der Waals surface area contributed by atoms with Crippen LogP contribution < -0.4 is 8.92 Å². The fraction of sp³-hybridized carbons (Fsp3) is 0.0714. The second kappa shape index (κ2) is 6.85. The Hall–Kier alpha value is -2.65. The van der Waals surface area contributed by atoms with Gasteiger partial charge in [-0.15, -0.1) is 0 Å². The fourth-order valence-corrected chi connectivity index (χ4v) is 2.99. The number of carbonyl (C=O) groups is 1. The molecule has 0 saturated carbocycles. The van der Waals surface area contributed by atoms with E-state index >= 15 is 0 Å². The highest BCUT2D eigenvalue weighted by Gasteiger charge is 2.25. The largest absolute Gasteiger partial charge is 0.493 e. The van der Waals surface area contributed by atoms with Crippen LogP contribution in [-0.4, -0.2) is 26.7 Å². The van der Waals surface area contributed by atoms with Gasteiger partial charge in [0, 0.05) is 6.07 Å². The molecule has 0 aromatic heterocycles. The van der Waals surface area contributed by atoms with Crippen LogP contribution in [0.4, 0.5) is 5.69 Å².